The van der Waals surface area contributed by atoms with Gasteiger partial charge in [-0.2, -0.15) is 0 Å². The molecular weight excluding hydrogens is 262 g/mol. The van der Waals surface area contributed by atoms with Crippen molar-refractivity contribution in [1.29, 1.82) is 0 Å². The zero-order valence-electron chi connectivity index (χ0n) is 10.6. The van der Waals surface area contributed by atoms with E-state index < -0.39 is 0 Å². The molecule has 0 aliphatic heterocycles. The van der Waals surface area contributed by atoms with Gasteiger partial charge >= 0.3 is 0 Å². The summed E-state index contributed by atoms with van der Waals surface area (Å²) in [5.41, 5.74) is 6.42. The fourth-order valence-electron chi connectivity index (χ4n) is 2.90. The number of benzene rings is 1. The Kier molecular flexibility index (Phi) is 3.29. The van der Waals surface area contributed by atoms with E-state index >= 15 is 0 Å². The van der Waals surface area contributed by atoms with Crippen LogP contribution < -0.4 is 11.3 Å². The molecule has 0 atom stereocenters. The van der Waals surface area contributed by atoms with E-state index in [0.717, 1.165) is 25.7 Å². The van der Waals surface area contributed by atoms with Gasteiger partial charge in [0.05, 0.1) is 17.4 Å². The van der Waals surface area contributed by atoms with Gasteiger partial charge in [0.2, 0.25) is 0 Å². The van der Waals surface area contributed by atoms with Crippen molar-refractivity contribution in [2.45, 2.75) is 38.3 Å². The summed E-state index contributed by atoms with van der Waals surface area (Å²) in [7, 11) is 0. The maximum absolute atomic E-state index is 12.7. The van der Waals surface area contributed by atoms with Gasteiger partial charge in [-0.3, -0.25) is 9.36 Å². The molecule has 0 amide bonds. The molecular formula is C14H16ClN3O. The van der Waals surface area contributed by atoms with Gasteiger partial charge in [0.15, 0.2) is 0 Å². The standard InChI is InChI=1S/C14H16ClN3O/c15-9-5-6-12-11(7-9)14(19)18(13(8-16)17-12)10-3-1-2-4-10/h5-7,10H,1-4,8,16H2. The predicted molar refractivity (Wildman–Crippen MR) is 76.4 cm³/mol. The zero-order valence-corrected chi connectivity index (χ0v) is 11.4. The molecule has 19 heavy (non-hydrogen) atoms. The number of hydrogen-bond donors (Lipinski definition) is 1. The van der Waals surface area contributed by atoms with Crippen LogP contribution in [0.1, 0.15) is 37.5 Å². The summed E-state index contributed by atoms with van der Waals surface area (Å²) in [4.78, 5) is 17.2. The van der Waals surface area contributed by atoms with Crippen LogP contribution in [0.15, 0.2) is 23.0 Å². The number of rotatable bonds is 2. The summed E-state index contributed by atoms with van der Waals surface area (Å²) in [6, 6.07) is 5.45. The maximum atomic E-state index is 12.7. The minimum atomic E-state index is -0.0140. The lowest BCUT2D eigenvalue weighted by atomic mass is 10.2. The SMILES string of the molecule is NCc1nc2ccc(Cl)cc2c(=O)n1C1CCCC1. The smallest absolute Gasteiger partial charge is 0.261 e. The molecule has 0 spiro atoms. The van der Waals surface area contributed by atoms with E-state index in [1.807, 2.05) is 0 Å². The minimum Gasteiger partial charge on any atom is -0.324 e. The third kappa shape index (κ3) is 2.15. The molecule has 1 aromatic heterocycles. The van der Waals surface area contributed by atoms with Crippen molar-refractivity contribution in [2.24, 2.45) is 5.73 Å². The molecule has 1 saturated carbocycles. The van der Waals surface area contributed by atoms with Crippen LogP contribution in [-0.4, -0.2) is 9.55 Å². The highest BCUT2D eigenvalue weighted by molar-refractivity contribution is 6.31. The van der Waals surface area contributed by atoms with E-state index in [1.54, 1.807) is 22.8 Å². The Balaban J connectivity index is 2.29. The Bertz CT molecular complexity index is 674. The topological polar surface area (TPSA) is 60.9 Å². The van der Waals surface area contributed by atoms with E-state index in [0.29, 0.717) is 21.7 Å². The van der Waals surface area contributed by atoms with E-state index in [9.17, 15) is 4.79 Å². The normalized spacial score (nSPS) is 16.3. The second kappa shape index (κ2) is 4.94. The second-order valence-electron chi connectivity index (χ2n) is 5.01. The molecule has 1 fully saturated rings. The van der Waals surface area contributed by atoms with Crippen molar-refractivity contribution in [1.82, 2.24) is 9.55 Å². The maximum Gasteiger partial charge on any atom is 0.261 e. The number of hydrogen-bond acceptors (Lipinski definition) is 3. The first kappa shape index (κ1) is 12.6. The molecule has 100 valence electrons. The van der Waals surface area contributed by atoms with Crippen molar-refractivity contribution >= 4 is 22.5 Å². The third-order valence-corrected chi connectivity index (χ3v) is 4.04. The van der Waals surface area contributed by atoms with Crippen LogP contribution in [0.2, 0.25) is 5.02 Å². The minimum absolute atomic E-state index is 0.0140. The van der Waals surface area contributed by atoms with Crippen LogP contribution in [0.4, 0.5) is 0 Å². The largest absolute Gasteiger partial charge is 0.324 e. The van der Waals surface area contributed by atoms with Crippen molar-refractivity contribution < 1.29 is 0 Å². The van der Waals surface area contributed by atoms with Crippen LogP contribution >= 0.6 is 11.6 Å². The second-order valence-corrected chi connectivity index (χ2v) is 5.44. The molecule has 3 rings (SSSR count). The number of fused-ring (bicyclic) bond motifs is 1. The summed E-state index contributed by atoms with van der Waals surface area (Å²) in [5.74, 6) is 0.673. The lowest BCUT2D eigenvalue weighted by Crippen LogP contribution is -2.29. The number of nitrogens with zero attached hydrogens (tertiary/aromatic N) is 2. The molecule has 0 saturated heterocycles. The summed E-state index contributed by atoms with van der Waals surface area (Å²) in [6.07, 6.45) is 4.38. The van der Waals surface area contributed by atoms with Gasteiger partial charge in [0.25, 0.3) is 5.56 Å². The lowest BCUT2D eigenvalue weighted by molar-refractivity contribution is 0.477. The van der Waals surface area contributed by atoms with Crippen molar-refractivity contribution in [3.05, 3.63) is 39.4 Å². The molecule has 0 radical (unpaired) electrons. The molecule has 2 N–H and O–H groups in total. The summed E-state index contributed by atoms with van der Waals surface area (Å²) < 4.78 is 1.78. The molecule has 0 bridgehead atoms. The van der Waals surface area contributed by atoms with Gasteiger partial charge in [-0.15, -0.1) is 0 Å². The van der Waals surface area contributed by atoms with Crippen molar-refractivity contribution in [3.8, 4) is 0 Å². The summed E-state index contributed by atoms with van der Waals surface area (Å²) in [6.45, 7) is 0.282. The highest BCUT2D eigenvalue weighted by atomic mass is 35.5. The first-order chi connectivity index (χ1) is 9.20. The average molecular weight is 278 g/mol. The Morgan fingerprint density at radius 1 is 1.37 bits per heavy atom. The lowest BCUT2D eigenvalue weighted by Gasteiger charge is -2.18. The van der Waals surface area contributed by atoms with Crippen LogP contribution in [0.3, 0.4) is 0 Å². The molecule has 1 aliphatic carbocycles. The number of halogens is 1. The van der Waals surface area contributed by atoms with Gasteiger partial charge in [-0.05, 0) is 31.0 Å². The monoisotopic (exact) mass is 277 g/mol. The number of aromatic nitrogens is 2. The highest BCUT2D eigenvalue weighted by Crippen LogP contribution is 2.29. The van der Waals surface area contributed by atoms with Crippen molar-refractivity contribution in [3.63, 3.8) is 0 Å². The molecule has 1 heterocycles. The third-order valence-electron chi connectivity index (χ3n) is 3.81. The highest BCUT2D eigenvalue weighted by Gasteiger charge is 2.22. The average Bonchev–Trinajstić information content (AvgIpc) is 2.93. The van der Waals surface area contributed by atoms with E-state index in [1.165, 1.54) is 0 Å². The Morgan fingerprint density at radius 3 is 2.79 bits per heavy atom. The van der Waals surface area contributed by atoms with Crippen LogP contribution in [0, 0.1) is 0 Å². The number of nitrogens with two attached hydrogens (primary N) is 1. The fourth-order valence-corrected chi connectivity index (χ4v) is 3.07. The fraction of sp³-hybridized carbons (Fsp3) is 0.429. The Morgan fingerprint density at radius 2 is 2.11 bits per heavy atom. The zero-order chi connectivity index (χ0) is 13.4. The van der Waals surface area contributed by atoms with Crippen molar-refractivity contribution in [2.75, 3.05) is 0 Å². The van der Waals surface area contributed by atoms with E-state index in [-0.39, 0.29) is 18.1 Å². The molecule has 5 heteroatoms. The molecule has 1 aromatic carbocycles. The molecule has 4 nitrogen and oxygen atoms in total. The first-order valence-corrected chi connectivity index (χ1v) is 6.99. The van der Waals surface area contributed by atoms with Gasteiger partial charge < -0.3 is 5.73 Å². The van der Waals surface area contributed by atoms with Gasteiger partial charge in [0.1, 0.15) is 5.82 Å². The van der Waals surface area contributed by atoms with Gasteiger partial charge in [-0.1, -0.05) is 24.4 Å². The van der Waals surface area contributed by atoms with Crippen LogP contribution in [0.25, 0.3) is 10.9 Å². The Labute approximate surface area is 116 Å². The summed E-state index contributed by atoms with van der Waals surface area (Å²) >= 11 is 5.98. The summed E-state index contributed by atoms with van der Waals surface area (Å²) in [5, 5.41) is 1.14. The van der Waals surface area contributed by atoms with E-state index in [4.69, 9.17) is 17.3 Å². The molecule has 0 unspecified atom stereocenters. The quantitative estimate of drug-likeness (QED) is 0.918. The molecule has 2 aromatic rings. The first-order valence-electron chi connectivity index (χ1n) is 6.61. The van der Waals surface area contributed by atoms with Gasteiger partial charge in [-0.25, -0.2) is 4.98 Å². The van der Waals surface area contributed by atoms with E-state index in [2.05, 4.69) is 4.98 Å². The van der Waals surface area contributed by atoms with Crippen LogP contribution in [0.5, 0.6) is 0 Å². The van der Waals surface area contributed by atoms with Crippen LogP contribution in [-0.2, 0) is 6.54 Å². The molecule has 1 aliphatic rings. The van der Waals surface area contributed by atoms with Gasteiger partial charge in [0, 0.05) is 11.1 Å². The Hall–Kier alpha value is -1.39. The predicted octanol–water partition coefficient (Wildman–Crippen LogP) is 2.62.